The molecule has 0 aliphatic carbocycles. The number of carbonyl (C=O) groups is 2. The highest BCUT2D eigenvalue weighted by Gasteiger charge is 2.44. The van der Waals surface area contributed by atoms with Gasteiger partial charge in [-0.15, -0.1) is 0 Å². The molecule has 3 rings (SSSR count). The number of hydrogen-bond acceptors (Lipinski definition) is 2. The fourth-order valence-electron chi connectivity index (χ4n) is 3.16. The lowest BCUT2D eigenvalue weighted by Crippen LogP contribution is -2.45. The normalized spacial score (nSPS) is 21.6. The SMILES string of the molecule is CC[C@H](C)N1CC2=C(C1=O)[C@@H](c1cc(F)c(F)cc1F)NC(=O)N2C. The van der Waals surface area contributed by atoms with Gasteiger partial charge in [-0.1, -0.05) is 6.92 Å². The number of carbonyl (C=O) groups excluding carboxylic acids is 2. The second-order valence-electron chi connectivity index (χ2n) is 6.28. The van der Waals surface area contributed by atoms with E-state index in [4.69, 9.17) is 0 Å². The van der Waals surface area contributed by atoms with Crippen molar-refractivity contribution in [1.29, 1.82) is 0 Å². The van der Waals surface area contributed by atoms with Crippen LogP contribution in [0.5, 0.6) is 0 Å². The molecule has 0 aromatic heterocycles. The Morgan fingerprint density at radius 1 is 1.20 bits per heavy atom. The third-order valence-corrected chi connectivity index (χ3v) is 4.86. The third-order valence-electron chi connectivity index (χ3n) is 4.86. The number of benzene rings is 1. The van der Waals surface area contributed by atoms with Crippen molar-refractivity contribution >= 4 is 11.9 Å². The van der Waals surface area contributed by atoms with E-state index in [1.807, 2.05) is 13.8 Å². The minimum Gasteiger partial charge on any atom is -0.330 e. The van der Waals surface area contributed by atoms with Gasteiger partial charge in [0.25, 0.3) is 5.91 Å². The van der Waals surface area contributed by atoms with Crippen LogP contribution < -0.4 is 5.32 Å². The van der Waals surface area contributed by atoms with Gasteiger partial charge in [0.1, 0.15) is 5.82 Å². The van der Waals surface area contributed by atoms with Gasteiger partial charge in [-0.3, -0.25) is 9.69 Å². The van der Waals surface area contributed by atoms with Crippen LogP contribution >= 0.6 is 0 Å². The second-order valence-corrected chi connectivity index (χ2v) is 6.28. The molecule has 2 aliphatic rings. The fourth-order valence-corrected chi connectivity index (χ4v) is 3.16. The van der Waals surface area contributed by atoms with Crippen LogP contribution in [0.4, 0.5) is 18.0 Å². The number of nitrogens with one attached hydrogen (secondary N) is 1. The zero-order valence-electron chi connectivity index (χ0n) is 14.1. The highest BCUT2D eigenvalue weighted by molar-refractivity contribution is 6.01. The van der Waals surface area contributed by atoms with Crippen molar-refractivity contribution < 1.29 is 22.8 Å². The Balaban J connectivity index is 2.10. The average Bonchev–Trinajstić information content (AvgIpc) is 2.92. The molecular formula is C17H18F3N3O2. The van der Waals surface area contributed by atoms with Crippen LogP contribution in [0, 0.1) is 17.5 Å². The number of urea groups is 1. The van der Waals surface area contributed by atoms with E-state index in [0.717, 1.165) is 0 Å². The molecule has 2 heterocycles. The maximum atomic E-state index is 14.2. The van der Waals surface area contributed by atoms with Crippen LogP contribution in [0.1, 0.15) is 31.9 Å². The Kier molecular flexibility index (Phi) is 4.22. The number of likely N-dealkylation sites (N-methyl/N-ethyl adjacent to an activating group) is 1. The molecule has 0 saturated heterocycles. The van der Waals surface area contributed by atoms with Crippen molar-refractivity contribution in [1.82, 2.24) is 15.1 Å². The topological polar surface area (TPSA) is 52.7 Å². The fraction of sp³-hybridized carbons (Fsp3) is 0.412. The monoisotopic (exact) mass is 353 g/mol. The average molecular weight is 353 g/mol. The molecule has 2 aliphatic heterocycles. The van der Waals surface area contributed by atoms with E-state index in [0.29, 0.717) is 24.3 Å². The lowest BCUT2D eigenvalue weighted by Gasteiger charge is -2.31. The molecule has 8 heteroatoms. The highest BCUT2D eigenvalue weighted by atomic mass is 19.2. The minimum atomic E-state index is -1.33. The third kappa shape index (κ3) is 2.65. The van der Waals surface area contributed by atoms with Gasteiger partial charge in [0, 0.05) is 24.7 Å². The molecular weight excluding hydrogens is 335 g/mol. The van der Waals surface area contributed by atoms with Gasteiger partial charge in [0.15, 0.2) is 11.6 Å². The molecule has 5 nitrogen and oxygen atoms in total. The second kappa shape index (κ2) is 6.09. The molecule has 0 fully saturated rings. The smallest absolute Gasteiger partial charge is 0.322 e. The molecule has 0 bridgehead atoms. The molecule has 134 valence electrons. The van der Waals surface area contributed by atoms with Crippen molar-refractivity contribution in [3.8, 4) is 0 Å². The first-order valence-electron chi connectivity index (χ1n) is 7.98. The van der Waals surface area contributed by atoms with Crippen LogP contribution in [-0.4, -0.2) is 41.4 Å². The Hall–Kier alpha value is -2.51. The van der Waals surface area contributed by atoms with Gasteiger partial charge in [-0.25, -0.2) is 18.0 Å². The van der Waals surface area contributed by atoms with E-state index < -0.39 is 29.5 Å². The number of hydrogen-bond donors (Lipinski definition) is 1. The van der Waals surface area contributed by atoms with Crippen molar-refractivity contribution in [2.24, 2.45) is 0 Å². The Labute approximate surface area is 143 Å². The molecule has 1 aromatic rings. The summed E-state index contributed by atoms with van der Waals surface area (Å²) >= 11 is 0. The summed E-state index contributed by atoms with van der Waals surface area (Å²) in [4.78, 5) is 27.9. The predicted molar refractivity (Wildman–Crippen MR) is 83.8 cm³/mol. The molecule has 3 amide bonds. The van der Waals surface area contributed by atoms with E-state index in [9.17, 15) is 22.8 Å². The maximum Gasteiger partial charge on any atom is 0.322 e. The number of amides is 3. The van der Waals surface area contributed by atoms with Gasteiger partial charge in [-0.2, -0.15) is 0 Å². The molecule has 2 atom stereocenters. The minimum absolute atomic E-state index is 0.0722. The molecule has 1 N–H and O–H groups in total. The van der Waals surface area contributed by atoms with Gasteiger partial charge in [-0.05, 0) is 19.4 Å². The van der Waals surface area contributed by atoms with Crippen LogP contribution in [-0.2, 0) is 4.79 Å². The molecule has 25 heavy (non-hydrogen) atoms. The van der Waals surface area contributed by atoms with E-state index in [1.165, 1.54) is 11.9 Å². The summed E-state index contributed by atoms with van der Waals surface area (Å²) in [6.45, 7) is 4.02. The van der Waals surface area contributed by atoms with Gasteiger partial charge < -0.3 is 10.2 Å². The van der Waals surface area contributed by atoms with Gasteiger partial charge in [0.05, 0.1) is 23.9 Å². The summed E-state index contributed by atoms with van der Waals surface area (Å²) < 4.78 is 41.1. The van der Waals surface area contributed by atoms with E-state index in [1.54, 1.807) is 4.90 Å². The summed E-state index contributed by atoms with van der Waals surface area (Å²) in [6, 6.07) is -0.662. The van der Waals surface area contributed by atoms with Crippen LogP contribution in [0.15, 0.2) is 23.4 Å². The zero-order chi connectivity index (χ0) is 18.5. The van der Waals surface area contributed by atoms with Gasteiger partial charge >= 0.3 is 6.03 Å². The zero-order valence-corrected chi connectivity index (χ0v) is 14.1. The Morgan fingerprint density at radius 3 is 2.48 bits per heavy atom. The van der Waals surface area contributed by atoms with Crippen molar-refractivity contribution in [3.63, 3.8) is 0 Å². The summed E-state index contributed by atoms with van der Waals surface area (Å²) in [5.74, 6) is -3.93. The summed E-state index contributed by atoms with van der Waals surface area (Å²) in [7, 11) is 1.51. The van der Waals surface area contributed by atoms with Crippen molar-refractivity contribution in [2.75, 3.05) is 13.6 Å². The quantitative estimate of drug-likeness (QED) is 0.850. The first kappa shape index (κ1) is 17.3. The molecule has 0 spiro atoms. The highest BCUT2D eigenvalue weighted by Crippen LogP contribution is 2.37. The van der Waals surface area contributed by atoms with Crippen LogP contribution in [0.3, 0.4) is 0 Å². The first-order valence-corrected chi connectivity index (χ1v) is 7.98. The number of nitrogens with zero attached hydrogens (tertiary/aromatic N) is 2. The first-order chi connectivity index (χ1) is 11.8. The predicted octanol–water partition coefficient (Wildman–Crippen LogP) is 2.69. The Bertz CT molecular complexity index is 794. The van der Waals surface area contributed by atoms with Gasteiger partial charge in [0.2, 0.25) is 0 Å². The molecule has 0 radical (unpaired) electrons. The summed E-state index contributed by atoms with van der Waals surface area (Å²) in [5.41, 5.74) is 0.364. The lowest BCUT2D eigenvalue weighted by atomic mass is 9.95. The molecule has 0 saturated carbocycles. The summed E-state index contributed by atoms with van der Waals surface area (Å²) in [5, 5.41) is 2.50. The number of halogens is 3. The van der Waals surface area contributed by atoms with E-state index in [-0.39, 0.29) is 29.6 Å². The van der Waals surface area contributed by atoms with Crippen molar-refractivity contribution in [2.45, 2.75) is 32.4 Å². The van der Waals surface area contributed by atoms with E-state index >= 15 is 0 Å². The maximum absolute atomic E-state index is 14.2. The van der Waals surface area contributed by atoms with Crippen molar-refractivity contribution in [3.05, 3.63) is 46.4 Å². The van der Waals surface area contributed by atoms with E-state index in [2.05, 4.69) is 5.32 Å². The van der Waals surface area contributed by atoms with Crippen LogP contribution in [0.2, 0.25) is 0 Å². The largest absolute Gasteiger partial charge is 0.330 e. The summed E-state index contributed by atoms with van der Waals surface area (Å²) in [6.07, 6.45) is 0.710. The molecule has 1 aromatic carbocycles. The molecule has 0 unspecified atom stereocenters. The Morgan fingerprint density at radius 2 is 1.84 bits per heavy atom. The number of rotatable bonds is 3. The standard InChI is InChI=1S/C17H18F3N3O2/c1-4-8(2)23-7-13-14(16(23)24)15(21-17(25)22(13)3)9-5-11(19)12(20)6-10(9)18/h5-6,8,15H,4,7H2,1-3H3,(H,21,25)/t8-,15+/m0/s1. The lowest BCUT2D eigenvalue weighted by molar-refractivity contribution is -0.127. The van der Waals surface area contributed by atoms with Crippen LogP contribution in [0.25, 0.3) is 0 Å².